The Morgan fingerprint density at radius 1 is 1.08 bits per heavy atom. The molecular formula is C10H16O3. The fraction of sp³-hybridized carbons (Fsp3) is 0.900. The molecule has 2 saturated carbocycles. The van der Waals surface area contributed by atoms with E-state index in [1.165, 1.54) is 0 Å². The summed E-state index contributed by atoms with van der Waals surface area (Å²) in [7, 11) is 0. The second-order valence-electron chi connectivity index (χ2n) is 4.38. The Hall–Kier alpha value is -0.410. The topological polar surface area (TPSA) is 57.5 Å². The van der Waals surface area contributed by atoms with Crippen LogP contribution in [0.2, 0.25) is 0 Å². The first-order valence-electron chi connectivity index (χ1n) is 5.03. The van der Waals surface area contributed by atoms with Crippen molar-refractivity contribution in [2.24, 2.45) is 5.41 Å². The molecule has 0 heterocycles. The largest absolute Gasteiger partial charge is 0.392 e. The third-order valence-electron chi connectivity index (χ3n) is 3.78. The van der Waals surface area contributed by atoms with Gasteiger partial charge in [0.05, 0.1) is 12.2 Å². The zero-order chi connectivity index (χ0) is 9.47. The summed E-state index contributed by atoms with van der Waals surface area (Å²) in [6, 6.07) is 0. The molecule has 2 N–H and O–H groups in total. The number of Topliss-reactive ketones (excluding diaryl/α,β-unsaturated/α-hetero) is 1. The van der Waals surface area contributed by atoms with Crippen molar-refractivity contribution in [3.8, 4) is 0 Å². The van der Waals surface area contributed by atoms with Gasteiger partial charge < -0.3 is 10.2 Å². The Morgan fingerprint density at radius 3 is 2.00 bits per heavy atom. The van der Waals surface area contributed by atoms with Crippen molar-refractivity contribution in [3.05, 3.63) is 0 Å². The van der Waals surface area contributed by atoms with Gasteiger partial charge in [0, 0.05) is 18.3 Å². The molecule has 0 amide bonds. The molecule has 3 heteroatoms. The van der Waals surface area contributed by atoms with E-state index in [0.717, 1.165) is 0 Å². The van der Waals surface area contributed by atoms with Gasteiger partial charge in [-0.05, 0) is 25.7 Å². The summed E-state index contributed by atoms with van der Waals surface area (Å²) in [4.78, 5) is 11.1. The van der Waals surface area contributed by atoms with Crippen molar-refractivity contribution in [2.75, 3.05) is 0 Å². The van der Waals surface area contributed by atoms with E-state index in [-0.39, 0.29) is 11.2 Å². The maximum atomic E-state index is 11.1. The first kappa shape index (κ1) is 9.16. The van der Waals surface area contributed by atoms with E-state index < -0.39 is 12.2 Å². The summed E-state index contributed by atoms with van der Waals surface area (Å²) in [6.07, 6.45) is 3.01. The van der Waals surface area contributed by atoms with E-state index in [1.807, 2.05) is 0 Å². The lowest BCUT2D eigenvalue weighted by atomic mass is 9.70. The van der Waals surface area contributed by atoms with Crippen LogP contribution in [-0.2, 0) is 4.79 Å². The van der Waals surface area contributed by atoms with Crippen LogP contribution in [0.15, 0.2) is 0 Å². The second kappa shape index (κ2) is 3.07. The predicted octanol–water partition coefficient (Wildman–Crippen LogP) is 0.631. The van der Waals surface area contributed by atoms with Crippen LogP contribution in [0.1, 0.15) is 38.5 Å². The molecule has 3 nitrogen and oxygen atoms in total. The molecule has 0 bridgehead atoms. The predicted molar refractivity (Wildman–Crippen MR) is 47.2 cm³/mol. The van der Waals surface area contributed by atoms with E-state index in [9.17, 15) is 15.0 Å². The Morgan fingerprint density at radius 2 is 1.54 bits per heavy atom. The molecule has 2 aliphatic rings. The number of aliphatic hydroxyl groups is 2. The average molecular weight is 184 g/mol. The van der Waals surface area contributed by atoms with Crippen LogP contribution < -0.4 is 0 Å². The van der Waals surface area contributed by atoms with E-state index in [2.05, 4.69) is 0 Å². The van der Waals surface area contributed by atoms with Gasteiger partial charge in [0.1, 0.15) is 5.78 Å². The fourth-order valence-corrected chi connectivity index (χ4v) is 2.77. The lowest BCUT2D eigenvalue weighted by molar-refractivity contribution is -0.127. The smallest absolute Gasteiger partial charge is 0.132 e. The van der Waals surface area contributed by atoms with Gasteiger partial charge in [0.15, 0.2) is 0 Å². The highest BCUT2D eigenvalue weighted by Crippen LogP contribution is 2.48. The summed E-state index contributed by atoms with van der Waals surface area (Å²) >= 11 is 0. The van der Waals surface area contributed by atoms with Crippen molar-refractivity contribution in [1.29, 1.82) is 0 Å². The minimum Gasteiger partial charge on any atom is -0.392 e. The van der Waals surface area contributed by atoms with Gasteiger partial charge in [-0.1, -0.05) is 0 Å². The number of ketones is 1. The van der Waals surface area contributed by atoms with Crippen molar-refractivity contribution in [1.82, 2.24) is 0 Å². The lowest BCUT2D eigenvalue weighted by Gasteiger charge is -2.38. The van der Waals surface area contributed by atoms with Crippen LogP contribution in [0.4, 0.5) is 0 Å². The maximum absolute atomic E-state index is 11.1. The number of carbonyl (C=O) groups excluding carboxylic acids is 1. The summed E-state index contributed by atoms with van der Waals surface area (Å²) < 4.78 is 0. The quantitative estimate of drug-likeness (QED) is 0.580. The Balaban J connectivity index is 2.14. The molecule has 0 aromatic carbocycles. The summed E-state index contributed by atoms with van der Waals surface area (Å²) in [5.41, 5.74) is -0.339. The summed E-state index contributed by atoms with van der Waals surface area (Å²) in [5.74, 6) is 0.275. The van der Waals surface area contributed by atoms with Gasteiger partial charge in [-0.15, -0.1) is 0 Å². The Labute approximate surface area is 77.8 Å². The average Bonchev–Trinajstić information content (AvgIpc) is 2.39. The lowest BCUT2D eigenvalue weighted by Crippen LogP contribution is -2.42. The second-order valence-corrected chi connectivity index (χ2v) is 4.38. The molecule has 2 unspecified atom stereocenters. The number of hydrogen-bond donors (Lipinski definition) is 2. The molecule has 74 valence electrons. The fourth-order valence-electron chi connectivity index (χ4n) is 2.77. The third kappa shape index (κ3) is 1.30. The maximum Gasteiger partial charge on any atom is 0.132 e. The standard InChI is InChI=1S/C10H16O3/c11-7-3-5-10(6-4-7)8(12)1-2-9(10)13/h8-9,12-13H,1-6H2. The molecule has 2 aliphatic carbocycles. The van der Waals surface area contributed by atoms with Crippen LogP contribution in [0.3, 0.4) is 0 Å². The van der Waals surface area contributed by atoms with E-state index >= 15 is 0 Å². The number of carbonyl (C=O) groups is 1. The number of hydrogen-bond acceptors (Lipinski definition) is 3. The molecular weight excluding hydrogens is 168 g/mol. The highest BCUT2D eigenvalue weighted by molar-refractivity contribution is 5.79. The minimum absolute atomic E-state index is 0.275. The van der Waals surface area contributed by atoms with Crippen LogP contribution in [0.5, 0.6) is 0 Å². The first-order chi connectivity index (χ1) is 6.15. The molecule has 0 aliphatic heterocycles. The third-order valence-corrected chi connectivity index (χ3v) is 3.78. The van der Waals surface area contributed by atoms with E-state index in [1.54, 1.807) is 0 Å². The van der Waals surface area contributed by atoms with Gasteiger partial charge in [0.2, 0.25) is 0 Å². The van der Waals surface area contributed by atoms with Crippen LogP contribution in [0.25, 0.3) is 0 Å². The van der Waals surface area contributed by atoms with Gasteiger partial charge in [-0.2, -0.15) is 0 Å². The molecule has 0 radical (unpaired) electrons. The van der Waals surface area contributed by atoms with Crippen LogP contribution in [0, 0.1) is 5.41 Å². The van der Waals surface area contributed by atoms with Crippen molar-refractivity contribution < 1.29 is 15.0 Å². The Kier molecular flexibility index (Phi) is 2.16. The van der Waals surface area contributed by atoms with E-state index in [4.69, 9.17) is 0 Å². The first-order valence-corrected chi connectivity index (χ1v) is 5.03. The van der Waals surface area contributed by atoms with Gasteiger partial charge in [0.25, 0.3) is 0 Å². The molecule has 13 heavy (non-hydrogen) atoms. The minimum atomic E-state index is -0.393. The van der Waals surface area contributed by atoms with Crippen molar-refractivity contribution >= 4 is 5.78 Å². The van der Waals surface area contributed by atoms with Crippen molar-refractivity contribution in [2.45, 2.75) is 50.7 Å². The normalized spacial score (nSPS) is 38.5. The molecule has 2 fully saturated rings. The molecule has 2 atom stereocenters. The van der Waals surface area contributed by atoms with Crippen LogP contribution >= 0.6 is 0 Å². The summed E-state index contributed by atoms with van der Waals surface area (Å²) in [6.45, 7) is 0. The highest BCUT2D eigenvalue weighted by atomic mass is 16.3. The highest BCUT2D eigenvalue weighted by Gasteiger charge is 2.50. The van der Waals surface area contributed by atoms with Gasteiger partial charge in [-0.3, -0.25) is 4.79 Å². The number of rotatable bonds is 0. The Bertz CT molecular complexity index is 202. The number of aliphatic hydroxyl groups excluding tert-OH is 2. The summed E-state index contributed by atoms with van der Waals surface area (Å²) in [5, 5.41) is 19.6. The zero-order valence-corrected chi connectivity index (χ0v) is 7.70. The molecule has 1 spiro atoms. The van der Waals surface area contributed by atoms with Crippen LogP contribution in [-0.4, -0.2) is 28.2 Å². The molecule has 0 aromatic heterocycles. The van der Waals surface area contributed by atoms with Gasteiger partial charge in [-0.25, -0.2) is 0 Å². The van der Waals surface area contributed by atoms with Crippen molar-refractivity contribution in [3.63, 3.8) is 0 Å². The monoisotopic (exact) mass is 184 g/mol. The van der Waals surface area contributed by atoms with Gasteiger partial charge >= 0.3 is 0 Å². The molecule has 0 aromatic rings. The molecule has 0 saturated heterocycles. The van der Waals surface area contributed by atoms with E-state index in [0.29, 0.717) is 38.5 Å². The SMILES string of the molecule is O=C1CCC2(CC1)C(O)CCC2O. The zero-order valence-electron chi connectivity index (χ0n) is 7.70. The molecule has 2 rings (SSSR count).